The van der Waals surface area contributed by atoms with Gasteiger partial charge in [0, 0.05) is 28.7 Å². The first-order chi connectivity index (χ1) is 10.2. The lowest BCUT2D eigenvalue weighted by Crippen LogP contribution is -1.94. The Bertz CT molecular complexity index is 764. The maximum Gasteiger partial charge on any atom is 0.125 e. The maximum atomic E-state index is 13.4. The maximum absolute atomic E-state index is 13.4. The molecule has 1 heterocycles. The predicted octanol–water partition coefficient (Wildman–Crippen LogP) is 5.03. The van der Waals surface area contributed by atoms with E-state index in [2.05, 4.69) is 0 Å². The molecular weight excluding hydrogens is 289 g/mol. The number of aryl methyl sites for hydroxylation is 1. The molecule has 1 aromatic heterocycles. The van der Waals surface area contributed by atoms with Gasteiger partial charge in [0.25, 0.3) is 0 Å². The van der Waals surface area contributed by atoms with Crippen molar-refractivity contribution in [2.75, 3.05) is 0 Å². The zero-order chi connectivity index (χ0) is 14.8. The predicted molar refractivity (Wildman–Crippen MR) is 83.4 cm³/mol. The van der Waals surface area contributed by atoms with Gasteiger partial charge in [0.2, 0.25) is 0 Å². The number of halogens is 2. The molecule has 0 bridgehead atoms. The fourth-order valence-corrected chi connectivity index (χ4v) is 2.54. The van der Waals surface area contributed by atoms with Gasteiger partial charge in [-0.3, -0.25) is 0 Å². The second-order valence-electron chi connectivity index (χ2n) is 4.84. The van der Waals surface area contributed by atoms with Gasteiger partial charge < -0.3 is 9.30 Å². The lowest BCUT2D eigenvalue weighted by atomic mass is 10.2. The molecule has 0 atom stereocenters. The summed E-state index contributed by atoms with van der Waals surface area (Å²) in [5.74, 6) is 0.541. The molecule has 3 rings (SSSR count). The molecule has 0 aliphatic carbocycles. The highest BCUT2D eigenvalue weighted by molar-refractivity contribution is 6.30. The number of rotatable bonds is 4. The van der Waals surface area contributed by atoms with Crippen LogP contribution in [0.1, 0.15) is 12.5 Å². The average molecular weight is 304 g/mol. The molecule has 0 saturated carbocycles. The third-order valence-corrected chi connectivity index (χ3v) is 3.73. The molecule has 0 N–H and O–H groups in total. The van der Waals surface area contributed by atoms with Crippen molar-refractivity contribution in [1.29, 1.82) is 0 Å². The van der Waals surface area contributed by atoms with Crippen LogP contribution < -0.4 is 4.74 Å². The Balaban J connectivity index is 1.88. The molecule has 3 aromatic rings. The zero-order valence-corrected chi connectivity index (χ0v) is 12.4. The van der Waals surface area contributed by atoms with Gasteiger partial charge in [-0.15, -0.1) is 0 Å². The molecule has 0 fully saturated rings. The van der Waals surface area contributed by atoms with Gasteiger partial charge in [0.15, 0.2) is 0 Å². The average Bonchev–Trinajstić information content (AvgIpc) is 2.84. The lowest BCUT2D eigenvalue weighted by Gasteiger charge is -2.05. The molecule has 0 radical (unpaired) electrons. The number of ether oxygens (including phenoxy) is 1. The van der Waals surface area contributed by atoms with E-state index in [1.54, 1.807) is 24.3 Å². The van der Waals surface area contributed by atoms with Crippen molar-refractivity contribution in [3.05, 3.63) is 65.1 Å². The highest BCUT2D eigenvalue weighted by atomic mass is 35.5. The largest absolute Gasteiger partial charge is 0.489 e. The molecular formula is C17H15ClFNO. The molecule has 0 amide bonds. The van der Waals surface area contributed by atoms with E-state index in [9.17, 15) is 4.39 Å². The van der Waals surface area contributed by atoms with Gasteiger partial charge in [-0.25, -0.2) is 4.39 Å². The molecule has 21 heavy (non-hydrogen) atoms. The quantitative estimate of drug-likeness (QED) is 0.659. The molecule has 0 saturated heterocycles. The fourth-order valence-electron chi connectivity index (χ4n) is 2.41. The van der Waals surface area contributed by atoms with Crippen molar-refractivity contribution in [2.45, 2.75) is 20.1 Å². The van der Waals surface area contributed by atoms with Crippen LogP contribution in [0.15, 0.2) is 48.7 Å². The molecule has 0 aliphatic heterocycles. The minimum absolute atomic E-state index is 0.222. The van der Waals surface area contributed by atoms with Crippen LogP contribution in [0.4, 0.5) is 4.39 Å². The van der Waals surface area contributed by atoms with Crippen LogP contribution in [0.25, 0.3) is 10.9 Å². The van der Waals surface area contributed by atoms with Crippen molar-refractivity contribution in [2.24, 2.45) is 0 Å². The van der Waals surface area contributed by atoms with Crippen LogP contribution >= 0.6 is 11.6 Å². The molecule has 2 aromatic carbocycles. The van der Waals surface area contributed by atoms with Crippen LogP contribution in [0, 0.1) is 5.82 Å². The summed E-state index contributed by atoms with van der Waals surface area (Å²) >= 11 is 5.85. The van der Waals surface area contributed by atoms with Crippen molar-refractivity contribution in [3.63, 3.8) is 0 Å². The first-order valence-corrected chi connectivity index (χ1v) is 7.21. The molecule has 0 aliphatic rings. The summed E-state index contributed by atoms with van der Waals surface area (Å²) in [5.41, 5.74) is 1.94. The Morgan fingerprint density at radius 1 is 1.14 bits per heavy atom. The monoisotopic (exact) mass is 303 g/mol. The van der Waals surface area contributed by atoms with E-state index in [0.717, 1.165) is 28.8 Å². The summed E-state index contributed by atoms with van der Waals surface area (Å²) in [7, 11) is 0. The summed E-state index contributed by atoms with van der Waals surface area (Å²) in [5, 5.41) is 1.70. The van der Waals surface area contributed by atoms with Crippen molar-refractivity contribution >= 4 is 22.5 Å². The second-order valence-corrected chi connectivity index (χ2v) is 5.28. The third-order valence-electron chi connectivity index (χ3n) is 3.48. The number of fused-ring (bicyclic) bond motifs is 1. The van der Waals surface area contributed by atoms with Gasteiger partial charge in [-0.1, -0.05) is 11.6 Å². The summed E-state index contributed by atoms with van der Waals surface area (Å²) in [6.07, 6.45) is 2.01. The molecule has 108 valence electrons. The SMILES string of the molecule is CCn1cc(COc2ccc(Cl)cc2)c2ccc(F)cc21. The van der Waals surface area contributed by atoms with Gasteiger partial charge in [-0.2, -0.15) is 0 Å². The standard InChI is InChI=1S/C17H15ClFNO/c1-2-20-10-12(16-8-5-14(19)9-17(16)20)11-21-15-6-3-13(18)4-7-15/h3-10H,2,11H2,1H3. The second kappa shape index (κ2) is 5.78. The molecule has 0 spiro atoms. The Labute approximate surface area is 127 Å². The Hall–Kier alpha value is -2.00. The van der Waals surface area contributed by atoms with Crippen molar-refractivity contribution in [1.82, 2.24) is 4.57 Å². The van der Waals surface area contributed by atoms with Crippen molar-refractivity contribution < 1.29 is 9.13 Å². The van der Waals surface area contributed by atoms with E-state index in [4.69, 9.17) is 16.3 Å². The number of hydrogen-bond acceptors (Lipinski definition) is 1. The number of benzene rings is 2. The van der Waals surface area contributed by atoms with E-state index < -0.39 is 0 Å². The van der Waals surface area contributed by atoms with E-state index in [1.807, 2.05) is 29.8 Å². The number of aromatic nitrogens is 1. The third kappa shape index (κ3) is 2.88. The summed E-state index contributed by atoms with van der Waals surface area (Å²) in [6.45, 7) is 3.27. The number of nitrogens with zero attached hydrogens (tertiary/aromatic N) is 1. The Morgan fingerprint density at radius 2 is 1.90 bits per heavy atom. The fraction of sp³-hybridized carbons (Fsp3) is 0.176. The highest BCUT2D eigenvalue weighted by Crippen LogP contribution is 2.24. The molecule has 0 unspecified atom stereocenters. The van der Waals surface area contributed by atoms with Crippen LogP contribution in [-0.4, -0.2) is 4.57 Å². The highest BCUT2D eigenvalue weighted by Gasteiger charge is 2.09. The van der Waals surface area contributed by atoms with Gasteiger partial charge >= 0.3 is 0 Å². The summed E-state index contributed by atoms with van der Waals surface area (Å²) in [4.78, 5) is 0. The van der Waals surface area contributed by atoms with Gasteiger partial charge in [-0.05, 0) is 49.4 Å². The Kier molecular flexibility index (Phi) is 3.84. The van der Waals surface area contributed by atoms with Crippen LogP contribution in [0.5, 0.6) is 5.75 Å². The normalized spacial score (nSPS) is 11.0. The number of hydrogen-bond donors (Lipinski definition) is 0. The molecule has 2 nitrogen and oxygen atoms in total. The molecule has 4 heteroatoms. The van der Waals surface area contributed by atoms with E-state index in [-0.39, 0.29) is 5.82 Å². The van der Waals surface area contributed by atoms with E-state index in [0.29, 0.717) is 11.6 Å². The van der Waals surface area contributed by atoms with Crippen LogP contribution in [-0.2, 0) is 13.2 Å². The summed E-state index contributed by atoms with van der Waals surface area (Å²) in [6, 6.07) is 12.1. The van der Waals surface area contributed by atoms with Crippen molar-refractivity contribution in [3.8, 4) is 5.75 Å². The first kappa shape index (κ1) is 14.0. The minimum Gasteiger partial charge on any atom is -0.489 e. The van der Waals surface area contributed by atoms with Gasteiger partial charge in [0.05, 0.1) is 5.52 Å². The lowest BCUT2D eigenvalue weighted by molar-refractivity contribution is 0.307. The van der Waals surface area contributed by atoms with Crippen LogP contribution in [0.3, 0.4) is 0 Å². The first-order valence-electron chi connectivity index (χ1n) is 6.83. The topological polar surface area (TPSA) is 14.2 Å². The minimum atomic E-state index is -0.222. The van der Waals surface area contributed by atoms with E-state index >= 15 is 0 Å². The van der Waals surface area contributed by atoms with Gasteiger partial charge in [0.1, 0.15) is 18.2 Å². The summed E-state index contributed by atoms with van der Waals surface area (Å²) < 4.78 is 21.2. The smallest absolute Gasteiger partial charge is 0.125 e. The van der Waals surface area contributed by atoms with E-state index in [1.165, 1.54) is 6.07 Å². The zero-order valence-electron chi connectivity index (χ0n) is 11.6. The van der Waals surface area contributed by atoms with Crippen LogP contribution in [0.2, 0.25) is 5.02 Å². The Morgan fingerprint density at radius 3 is 2.62 bits per heavy atom.